The van der Waals surface area contributed by atoms with Crippen molar-refractivity contribution in [3.63, 3.8) is 0 Å². The first-order valence-electron chi connectivity index (χ1n) is 8.34. The first kappa shape index (κ1) is 15.7. The number of fused-ring (bicyclic) bond motifs is 2. The summed E-state index contributed by atoms with van der Waals surface area (Å²) >= 11 is 3.55. The molecule has 0 aromatic heterocycles. The van der Waals surface area contributed by atoms with E-state index in [1.54, 1.807) is 0 Å². The van der Waals surface area contributed by atoms with Crippen molar-refractivity contribution >= 4 is 27.5 Å². The highest BCUT2D eigenvalue weighted by Crippen LogP contribution is 2.41. The summed E-state index contributed by atoms with van der Waals surface area (Å²) in [6.07, 6.45) is 1.12. The van der Waals surface area contributed by atoms with Gasteiger partial charge in [0.25, 0.3) is 0 Å². The molecule has 4 nitrogen and oxygen atoms in total. The molecule has 0 radical (unpaired) electrons. The Morgan fingerprint density at radius 3 is 3.00 bits per heavy atom. The fraction of sp³-hybridized carbons (Fsp3) is 0.316. The fourth-order valence-corrected chi connectivity index (χ4v) is 3.56. The van der Waals surface area contributed by atoms with Gasteiger partial charge in [-0.05, 0) is 49.7 Å². The van der Waals surface area contributed by atoms with Crippen LogP contribution in [-0.2, 0) is 0 Å². The number of nitrogens with one attached hydrogen (secondary N) is 1. The van der Waals surface area contributed by atoms with Gasteiger partial charge in [-0.1, -0.05) is 28.1 Å². The molecule has 2 aliphatic heterocycles. The second kappa shape index (κ2) is 6.57. The van der Waals surface area contributed by atoms with Crippen LogP contribution in [0, 0.1) is 6.92 Å². The Kier molecular flexibility index (Phi) is 4.29. The van der Waals surface area contributed by atoms with Gasteiger partial charge in [0.2, 0.25) is 0 Å². The van der Waals surface area contributed by atoms with Crippen LogP contribution >= 0.6 is 15.9 Å². The Morgan fingerprint density at radius 2 is 2.08 bits per heavy atom. The number of hydrogen-bond acceptors (Lipinski definition) is 4. The lowest BCUT2D eigenvalue weighted by molar-refractivity contribution is 0.444. The van der Waals surface area contributed by atoms with Crippen LogP contribution in [0.2, 0.25) is 0 Å². The first-order valence-corrected chi connectivity index (χ1v) is 9.13. The fourth-order valence-electron chi connectivity index (χ4n) is 3.21. The zero-order valence-corrected chi connectivity index (χ0v) is 15.3. The smallest absolute Gasteiger partial charge is 0.153 e. The number of ether oxygens (including phenoxy) is 1. The number of halogens is 1. The number of aliphatic imine (C=N–C) groups is 1. The number of benzene rings is 2. The van der Waals surface area contributed by atoms with Gasteiger partial charge >= 0.3 is 0 Å². The van der Waals surface area contributed by atoms with Crippen LogP contribution in [0.1, 0.15) is 17.5 Å². The highest BCUT2D eigenvalue weighted by Gasteiger charge is 2.24. The number of aryl methyl sites for hydroxylation is 1. The molecule has 2 aromatic carbocycles. The minimum Gasteiger partial charge on any atom is -0.454 e. The molecular weight excluding hydrogens is 366 g/mol. The van der Waals surface area contributed by atoms with Crippen molar-refractivity contribution in [2.75, 3.05) is 26.2 Å². The number of para-hydroxylation sites is 1. The molecule has 2 aliphatic rings. The summed E-state index contributed by atoms with van der Waals surface area (Å²) in [5.41, 5.74) is 3.07. The van der Waals surface area contributed by atoms with E-state index in [1.807, 2.05) is 18.2 Å². The molecule has 124 valence electrons. The number of rotatable bonds is 0. The molecule has 2 aromatic rings. The van der Waals surface area contributed by atoms with Crippen molar-refractivity contribution in [2.24, 2.45) is 4.99 Å². The summed E-state index contributed by atoms with van der Waals surface area (Å²) in [4.78, 5) is 7.38. The van der Waals surface area contributed by atoms with E-state index in [0.29, 0.717) is 0 Å². The molecule has 0 amide bonds. The third-order valence-corrected chi connectivity index (χ3v) is 4.95. The molecule has 0 aliphatic carbocycles. The summed E-state index contributed by atoms with van der Waals surface area (Å²) in [5, 5.41) is 3.46. The van der Waals surface area contributed by atoms with Crippen molar-refractivity contribution < 1.29 is 4.74 Å². The van der Waals surface area contributed by atoms with Crippen LogP contribution in [0.15, 0.2) is 45.9 Å². The van der Waals surface area contributed by atoms with E-state index < -0.39 is 0 Å². The van der Waals surface area contributed by atoms with Gasteiger partial charge in [-0.3, -0.25) is 0 Å². The van der Waals surface area contributed by atoms with Gasteiger partial charge in [-0.25, -0.2) is 4.99 Å². The van der Waals surface area contributed by atoms with Gasteiger partial charge in [0.15, 0.2) is 5.75 Å². The van der Waals surface area contributed by atoms with E-state index in [4.69, 9.17) is 9.73 Å². The SMILES string of the molecule is Cc1cccc2c1Oc1ccc(Br)cc1N=C2N1CCCNCC1. The van der Waals surface area contributed by atoms with Gasteiger partial charge in [-0.15, -0.1) is 0 Å². The number of nitrogens with zero attached hydrogens (tertiary/aromatic N) is 2. The van der Waals surface area contributed by atoms with Gasteiger partial charge in [0, 0.05) is 24.1 Å². The zero-order valence-electron chi connectivity index (χ0n) is 13.7. The zero-order chi connectivity index (χ0) is 16.5. The van der Waals surface area contributed by atoms with Gasteiger partial charge in [-0.2, -0.15) is 0 Å². The van der Waals surface area contributed by atoms with E-state index in [0.717, 1.165) is 71.2 Å². The van der Waals surface area contributed by atoms with Gasteiger partial charge in [0.1, 0.15) is 17.3 Å². The lowest BCUT2D eigenvalue weighted by Gasteiger charge is -2.24. The minimum atomic E-state index is 0.802. The van der Waals surface area contributed by atoms with Crippen LogP contribution in [0.5, 0.6) is 11.5 Å². The van der Waals surface area contributed by atoms with Gasteiger partial charge < -0.3 is 15.0 Å². The monoisotopic (exact) mass is 385 g/mol. The van der Waals surface area contributed by atoms with Crippen LogP contribution < -0.4 is 10.1 Å². The van der Waals surface area contributed by atoms with Crippen LogP contribution in [0.25, 0.3) is 0 Å². The summed E-state index contributed by atoms with van der Waals surface area (Å²) in [5.74, 6) is 2.72. The van der Waals surface area contributed by atoms with E-state index in [9.17, 15) is 0 Å². The molecule has 0 bridgehead atoms. The second-order valence-electron chi connectivity index (χ2n) is 6.19. The average Bonchev–Trinajstić information content (AvgIpc) is 2.93. The van der Waals surface area contributed by atoms with Crippen LogP contribution in [-0.4, -0.2) is 36.9 Å². The third kappa shape index (κ3) is 2.94. The van der Waals surface area contributed by atoms with Crippen molar-refractivity contribution in [3.8, 4) is 11.5 Å². The minimum absolute atomic E-state index is 0.802. The molecule has 1 N–H and O–H groups in total. The van der Waals surface area contributed by atoms with E-state index in [-0.39, 0.29) is 0 Å². The predicted octanol–water partition coefficient (Wildman–Crippen LogP) is 4.24. The maximum atomic E-state index is 6.26. The number of amidine groups is 1. The topological polar surface area (TPSA) is 36.9 Å². The summed E-state index contributed by atoms with van der Waals surface area (Å²) in [6, 6.07) is 12.3. The third-order valence-electron chi connectivity index (χ3n) is 4.45. The van der Waals surface area contributed by atoms with E-state index in [1.165, 1.54) is 0 Å². The average molecular weight is 386 g/mol. The van der Waals surface area contributed by atoms with Gasteiger partial charge in [0.05, 0.1) is 5.56 Å². The molecule has 0 saturated carbocycles. The molecule has 0 unspecified atom stereocenters. The Bertz CT molecular complexity index is 795. The summed E-state index contributed by atoms with van der Waals surface area (Å²) in [7, 11) is 0. The first-order chi connectivity index (χ1) is 11.7. The molecular formula is C19H20BrN3O. The molecule has 5 heteroatoms. The molecule has 1 saturated heterocycles. The maximum absolute atomic E-state index is 6.26. The van der Waals surface area contributed by atoms with Crippen LogP contribution in [0.4, 0.5) is 5.69 Å². The van der Waals surface area contributed by atoms with Crippen LogP contribution in [0.3, 0.4) is 0 Å². The normalized spacial score (nSPS) is 17.1. The summed E-state index contributed by atoms with van der Waals surface area (Å²) in [6.45, 7) is 6.08. The molecule has 2 heterocycles. The molecule has 1 fully saturated rings. The highest BCUT2D eigenvalue weighted by molar-refractivity contribution is 9.10. The van der Waals surface area contributed by atoms with Crippen molar-refractivity contribution in [1.29, 1.82) is 0 Å². The Morgan fingerprint density at radius 1 is 1.17 bits per heavy atom. The lowest BCUT2D eigenvalue weighted by Crippen LogP contribution is -2.34. The Hall–Kier alpha value is -1.85. The standard InChI is InChI=1S/C19H20BrN3O/c1-13-4-2-5-15-18(13)24-17-7-6-14(20)12-16(17)22-19(15)23-10-3-8-21-9-11-23/h2,4-7,12,21H,3,8-11H2,1H3. The van der Waals surface area contributed by atoms with E-state index in [2.05, 4.69) is 51.3 Å². The quantitative estimate of drug-likeness (QED) is 0.736. The highest BCUT2D eigenvalue weighted by atomic mass is 79.9. The Balaban J connectivity index is 1.89. The van der Waals surface area contributed by atoms with Crippen molar-refractivity contribution in [1.82, 2.24) is 10.2 Å². The summed E-state index contributed by atoms with van der Waals surface area (Å²) < 4.78 is 7.27. The van der Waals surface area contributed by atoms with E-state index >= 15 is 0 Å². The number of hydrogen-bond donors (Lipinski definition) is 1. The lowest BCUT2D eigenvalue weighted by atomic mass is 10.1. The molecule has 24 heavy (non-hydrogen) atoms. The second-order valence-corrected chi connectivity index (χ2v) is 7.11. The van der Waals surface area contributed by atoms with Crippen molar-refractivity contribution in [3.05, 3.63) is 52.0 Å². The molecule has 0 atom stereocenters. The largest absolute Gasteiger partial charge is 0.454 e. The predicted molar refractivity (Wildman–Crippen MR) is 101 cm³/mol. The van der Waals surface area contributed by atoms with Crippen molar-refractivity contribution in [2.45, 2.75) is 13.3 Å². The molecule has 0 spiro atoms. The Labute approximate surface area is 150 Å². The molecule has 4 rings (SSSR count). The maximum Gasteiger partial charge on any atom is 0.153 e.